The number of benzene rings is 3. The zero-order valence-electron chi connectivity index (χ0n) is 53.2. The molecule has 5 rings (SSSR count). The number of rotatable bonds is 27. The van der Waals surface area contributed by atoms with E-state index in [1.165, 1.54) is 39.4 Å². The highest BCUT2D eigenvalue weighted by Crippen LogP contribution is 2.41. The lowest BCUT2D eigenvalue weighted by Gasteiger charge is -2.38. The largest absolute Gasteiger partial charge is 0.493 e. The molecular formula is C63H93N7O14Si2. The standard InChI is InChI=1S/C63H93N7O14Si2/c1-19-25-81-61(76)68-55(39(2)3)57(72)65-42(6)56(71)66-44-23-21-43(22-24-44)36-82-60(75)67-50-33-54(52(78-14)31-48(50)59(74)70-35-41(5)29-46(70)38-84-86(17,18)63(10,11)12)80-27-20-26-79-53-32-49(64)47(30-51(53)77-13)58(73)69-34-40(4)28-45(69)37-83-85(15,16)62(7,8)9/h19,21-24,30-33,39,42,45-46,55H,1,4-5,20,25-29,34-38,64H2,2-3,6-18H3,(H,65,72)(H,66,71)(H,67,75)(H,68,76). The van der Waals surface area contributed by atoms with Crippen LogP contribution in [0.25, 0.3) is 0 Å². The Hall–Kier alpha value is -7.35. The molecule has 4 unspecified atom stereocenters. The van der Waals surface area contributed by atoms with Crippen LogP contribution in [0.5, 0.6) is 23.0 Å². The van der Waals surface area contributed by atoms with Crippen LogP contribution in [0.2, 0.25) is 36.3 Å². The van der Waals surface area contributed by atoms with Crippen LogP contribution in [0.3, 0.4) is 0 Å². The number of alkyl carbamates (subject to hydrolysis) is 1. The number of carbonyl (C=O) groups excluding carboxylic acids is 6. The SMILES string of the molecule is C=CCOC(=O)NC(C(=O)NC(C)C(=O)Nc1ccc(COC(=O)Nc2cc(OCCCOc3cc(N)c(C(=O)N4CC(=C)CC4CO[Si](C)(C)C(C)(C)C)cc3OC)c(OC)cc2C(=O)N2CC(=C)CC2CO[Si](C)(C)C(C)(C)C)cc1)C(C)C. The van der Waals surface area contributed by atoms with Gasteiger partial charge >= 0.3 is 12.2 Å². The first kappa shape index (κ1) is 69.4. The van der Waals surface area contributed by atoms with Crippen LogP contribution in [-0.2, 0) is 34.5 Å². The summed E-state index contributed by atoms with van der Waals surface area (Å²) in [6, 6.07) is 10.3. The van der Waals surface area contributed by atoms with Gasteiger partial charge in [0.1, 0.15) is 25.3 Å². The molecule has 21 nitrogen and oxygen atoms in total. The highest BCUT2D eigenvalue weighted by atomic mass is 28.4. The number of hydrogen-bond donors (Lipinski definition) is 5. The van der Waals surface area contributed by atoms with Gasteiger partial charge in [-0.25, -0.2) is 9.59 Å². The van der Waals surface area contributed by atoms with Crippen molar-refractivity contribution in [3.8, 4) is 23.0 Å². The topological polar surface area (TPSA) is 257 Å². The molecule has 4 atom stereocenters. The molecule has 3 aromatic rings. The minimum Gasteiger partial charge on any atom is -0.493 e. The fourth-order valence-corrected chi connectivity index (χ4v) is 11.0. The summed E-state index contributed by atoms with van der Waals surface area (Å²) in [7, 11) is -1.35. The Bertz CT molecular complexity index is 2950. The van der Waals surface area contributed by atoms with Gasteiger partial charge in [-0.05, 0) is 91.8 Å². The zero-order valence-corrected chi connectivity index (χ0v) is 55.2. The van der Waals surface area contributed by atoms with Gasteiger partial charge in [0.05, 0.1) is 69.5 Å². The van der Waals surface area contributed by atoms with Crippen LogP contribution in [0.4, 0.5) is 26.7 Å². The number of hydrogen-bond acceptors (Lipinski definition) is 15. The maximum absolute atomic E-state index is 14.8. The van der Waals surface area contributed by atoms with Crippen LogP contribution in [0.1, 0.15) is 108 Å². The van der Waals surface area contributed by atoms with Crippen molar-refractivity contribution in [3.63, 3.8) is 0 Å². The first-order chi connectivity index (χ1) is 40.2. The summed E-state index contributed by atoms with van der Waals surface area (Å²) < 4.78 is 47.7. The van der Waals surface area contributed by atoms with Crippen LogP contribution in [-0.4, -0.2) is 147 Å². The molecule has 23 heteroatoms. The van der Waals surface area contributed by atoms with Crippen molar-refractivity contribution in [2.75, 3.05) is 76.7 Å². The zero-order chi connectivity index (χ0) is 64.1. The van der Waals surface area contributed by atoms with Crippen molar-refractivity contribution in [1.29, 1.82) is 0 Å². The maximum Gasteiger partial charge on any atom is 0.411 e. The minimum atomic E-state index is -2.20. The van der Waals surface area contributed by atoms with E-state index in [1.54, 1.807) is 60.0 Å². The highest BCUT2D eigenvalue weighted by molar-refractivity contribution is 6.74. The number of likely N-dealkylation sites (tertiary alicyclic amines) is 2. The number of ether oxygens (including phenoxy) is 6. The van der Waals surface area contributed by atoms with E-state index < -0.39 is 58.6 Å². The van der Waals surface area contributed by atoms with Gasteiger partial charge in [0.25, 0.3) is 11.8 Å². The number of anilines is 3. The molecule has 6 amide bonds. The lowest BCUT2D eigenvalue weighted by atomic mass is 10.0. The first-order valence-electron chi connectivity index (χ1n) is 29.1. The number of carbonyl (C=O) groups is 6. The molecule has 2 heterocycles. The average molecular weight is 1230 g/mol. The molecule has 2 saturated heterocycles. The Labute approximate surface area is 510 Å². The van der Waals surface area contributed by atoms with E-state index >= 15 is 0 Å². The average Bonchev–Trinajstić information content (AvgIpc) is 1.79. The van der Waals surface area contributed by atoms with Crippen molar-refractivity contribution in [2.24, 2.45) is 5.92 Å². The lowest BCUT2D eigenvalue weighted by molar-refractivity contribution is -0.128. The fourth-order valence-electron chi connectivity index (χ4n) is 8.89. The normalized spacial score (nSPS) is 16.2. The molecule has 2 fully saturated rings. The van der Waals surface area contributed by atoms with E-state index in [-0.39, 0.29) is 101 Å². The number of methoxy groups -OCH3 is 2. The smallest absolute Gasteiger partial charge is 0.411 e. The maximum atomic E-state index is 14.8. The third-order valence-electron chi connectivity index (χ3n) is 16.2. The molecule has 0 spiro atoms. The number of amides is 6. The Balaban J connectivity index is 1.28. The summed E-state index contributed by atoms with van der Waals surface area (Å²) >= 11 is 0. The first-order valence-corrected chi connectivity index (χ1v) is 34.9. The van der Waals surface area contributed by atoms with Crippen molar-refractivity contribution in [3.05, 3.63) is 102 Å². The summed E-state index contributed by atoms with van der Waals surface area (Å²) in [6.45, 7) is 40.0. The molecule has 0 aromatic heterocycles. The van der Waals surface area contributed by atoms with Crippen LogP contribution in [0.15, 0.2) is 85.5 Å². The number of nitrogens with zero attached hydrogens (tertiary/aromatic N) is 2. The Morgan fingerprint density at radius 2 is 1.17 bits per heavy atom. The molecule has 0 bridgehead atoms. The van der Waals surface area contributed by atoms with Crippen LogP contribution in [0, 0.1) is 5.92 Å². The second-order valence-corrected chi connectivity index (χ2v) is 34.9. The van der Waals surface area contributed by atoms with Gasteiger partial charge in [0.15, 0.2) is 39.6 Å². The fraction of sp³-hybridized carbons (Fsp3) is 0.524. The van der Waals surface area contributed by atoms with Gasteiger partial charge in [-0.15, -0.1) is 0 Å². The van der Waals surface area contributed by atoms with E-state index in [2.05, 4.69) is 109 Å². The van der Waals surface area contributed by atoms with Crippen molar-refractivity contribution >= 4 is 69.5 Å². The van der Waals surface area contributed by atoms with Crippen LogP contribution < -0.4 is 45.9 Å². The molecule has 0 saturated carbocycles. The lowest BCUT2D eigenvalue weighted by Crippen LogP contribution is -2.53. The second-order valence-electron chi connectivity index (χ2n) is 25.3. The summed E-state index contributed by atoms with van der Waals surface area (Å²) in [5.41, 5.74) is 10.0. The van der Waals surface area contributed by atoms with Crippen molar-refractivity contribution < 1.29 is 66.0 Å². The van der Waals surface area contributed by atoms with E-state index in [4.69, 9.17) is 43.0 Å². The molecule has 0 aliphatic carbocycles. The summed E-state index contributed by atoms with van der Waals surface area (Å²) in [4.78, 5) is 84.4. The Kier molecular flexibility index (Phi) is 24.1. The van der Waals surface area contributed by atoms with E-state index in [9.17, 15) is 28.8 Å². The Morgan fingerprint density at radius 1 is 0.674 bits per heavy atom. The number of nitrogens with one attached hydrogen (secondary N) is 4. The molecule has 0 radical (unpaired) electrons. The van der Waals surface area contributed by atoms with Gasteiger partial charge in [-0.2, -0.15) is 0 Å². The molecule has 3 aromatic carbocycles. The predicted molar refractivity (Wildman–Crippen MR) is 339 cm³/mol. The third-order valence-corrected chi connectivity index (χ3v) is 25.2. The molecule has 6 N–H and O–H groups in total. The molecule has 472 valence electrons. The van der Waals surface area contributed by atoms with E-state index in [1.807, 2.05) is 0 Å². The Morgan fingerprint density at radius 3 is 1.66 bits per heavy atom. The number of nitrogens with two attached hydrogens (primary N) is 1. The molecule has 2 aliphatic heterocycles. The molecule has 2 aliphatic rings. The van der Waals surface area contributed by atoms with Gasteiger partial charge in [0, 0.05) is 43.0 Å². The third kappa shape index (κ3) is 18.6. The van der Waals surface area contributed by atoms with Gasteiger partial charge in [-0.1, -0.05) is 104 Å². The summed E-state index contributed by atoms with van der Waals surface area (Å²) in [5, 5.41) is 10.6. The van der Waals surface area contributed by atoms with Gasteiger partial charge in [0.2, 0.25) is 11.8 Å². The predicted octanol–water partition coefficient (Wildman–Crippen LogP) is 10.8. The number of nitrogen functional groups attached to an aromatic ring is 1. The van der Waals surface area contributed by atoms with E-state index in [0.29, 0.717) is 61.8 Å². The van der Waals surface area contributed by atoms with Crippen molar-refractivity contribution in [1.82, 2.24) is 20.4 Å². The molecule has 86 heavy (non-hydrogen) atoms. The minimum absolute atomic E-state index is 0.00941. The highest BCUT2D eigenvalue weighted by Gasteiger charge is 2.42. The van der Waals surface area contributed by atoms with E-state index in [0.717, 1.165) is 11.1 Å². The van der Waals surface area contributed by atoms with Crippen LogP contribution >= 0.6 is 0 Å². The quantitative estimate of drug-likeness (QED) is 0.0206. The molecular weight excluding hydrogens is 1130 g/mol. The second kappa shape index (κ2) is 29.8. The van der Waals surface area contributed by atoms with Gasteiger partial charge in [-0.3, -0.25) is 24.5 Å². The van der Waals surface area contributed by atoms with Gasteiger partial charge < -0.3 is 68.8 Å². The summed E-state index contributed by atoms with van der Waals surface area (Å²) in [6.07, 6.45) is 1.26. The van der Waals surface area contributed by atoms with Crippen molar-refractivity contribution in [2.45, 2.75) is 149 Å². The summed E-state index contributed by atoms with van der Waals surface area (Å²) in [5.74, 6) is -0.932. The monoisotopic (exact) mass is 1230 g/mol.